The molecule has 2 heterocycles. The Kier molecular flexibility index (Phi) is 7.70. The van der Waals surface area contributed by atoms with E-state index in [0.717, 1.165) is 16.8 Å². The predicted molar refractivity (Wildman–Crippen MR) is 148 cm³/mol. The van der Waals surface area contributed by atoms with Crippen molar-refractivity contribution in [2.24, 2.45) is 0 Å². The molecule has 0 radical (unpaired) electrons. The highest BCUT2D eigenvalue weighted by Gasteiger charge is 2.27. The summed E-state index contributed by atoms with van der Waals surface area (Å²) in [6.45, 7) is 6.73. The van der Waals surface area contributed by atoms with E-state index in [9.17, 15) is 14.0 Å². The van der Waals surface area contributed by atoms with Crippen LogP contribution < -0.4 is 5.56 Å². The summed E-state index contributed by atoms with van der Waals surface area (Å²) in [4.78, 5) is 33.1. The zero-order valence-electron chi connectivity index (χ0n) is 22.4. The first-order valence-corrected chi connectivity index (χ1v) is 13.2. The first-order chi connectivity index (χ1) is 18.8. The van der Waals surface area contributed by atoms with Crippen molar-refractivity contribution in [3.63, 3.8) is 0 Å². The van der Waals surface area contributed by atoms with E-state index in [-0.39, 0.29) is 23.3 Å². The van der Waals surface area contributed by atoms with E-state index >= 15 is 0 Å². The number of esters is 1. The average molecular weight is 526 g/mol. The number of nitrogens with zero attached hydrogens (tertiary/aromatic N) is 3. The maximum Gasteiger partial charge on any atom is 0.338 e. The van der Waals surface area contributed by atoms with E-state index in [1.165, 1.54) is 6.07 Å². The zero-order chi connectivity index (χ0) is 27.5. The number of hydrogen-bond acceptors (Lipinski definition) is 5. The Hall–Kier alpha value is -4.10. The van der Waals surface area contributed by atoms with E-state index < -0.39 is 11.8 Å². The Balaban J connectivity index is 1.45. The Morgan fingerprint density at radius 1 is 1.00 bits per heavy atom. The van der Waals surface area contributed by atoms with E-state index in [2.05, 4.69) is 4.90 Å². The van der Waals surface area contributed by atoms with E-state index in [4.69, 9.17) is 9.72 Å². The molecule has 200 valence electrons. The van der Waals surface area contributed by atoms with Crippen LogP contribution in [0.15, 0.2) is 83.7 Å². The number of ether oxygens (including phenoxy) is 1. The maximum atomic E-state index is 15.0. The third-order valence-electron chi connectivity index (χ3n) is 7.03. The van der Waals surface area contributed by atoms with Crippen molar-refractivity contribution in [3.05, 3.63) is 134 Å². The molecule has 1 aromatic heterocycles. The van der Waals surface area contributed by atoms with Crippen LogP contribution in [-0.4, -0.2) is 33.1 Å². The lowest BCUT2D eigenvalue weighted by atomic mass is 9.97. The second kappa shape index (κ2) is 11.3. The van der Waals surface area contributed by atoms with Crippen molar-refractivity contribution < 1.29 is 13.9 Å². The molecule has 6 nitrogen and oxygen atoms in total. The SMILES string of the molecule is Cc1nc2c(c(=O)n1C(c1ccccc1)c1ccccc1)CN(Cc1ccc(C(=O)OC(C)C)cc1F)CC2. The van der Waals surface area contributed by atoms with E-state index in [1.54, 1.807) is 30.5 Å². The lowest BCUT2D eigenvalue weighted by Crippen LogP contribution is -2.40. The molecule has 0 bridgehead atoms. The van der Waals surface area contributed by atoms with E-state index in [1.807, 2.05) is 67.6 Å². The Labute approximate surface area is 227 Å². The first-order valence-electron chi connectivity index (χ1n) is 13.2. The van der Waals surface area contributed by atoms with Crippen molar-refractivity contribution in [2.45, 2.75) is 52.4 Å². The third-order valence-corrected chi connectivity index (χ3v) is 7.03. The van der Waals surface area contributed by atoms with Crippen LogP contribution in [0.1, 0.15) is 64.0 Å². The smallest absolute Gasteiger partial charge is 0.338 e. The molecule has 0 fully saturated rings. The molecule has 0 unspecified atom stereocenters. The topological polar surface area (TPSA) is 64.4 Å². The van der Waals surface area contributed by atoms with Gasteiger partial charge >= 0.3 is 5.97 Å². The highest BCUT2D eigenvalue weighted by atomic mass is 19.1. The summed E-state index contributed by atoms with van der Waals surface area (Å²) < 4.78 is 21.9. The van der Waals surface area contributed by atoms with Crippen molar-refractivity contribution >= 4 is 5.97 Å². The van der Waals surface area contributed by atoms with Gasteiger partial charge in [0.05, 0.1) is 29.0 Å². The molecule has 4 aromatic rings. The van der Waals surface area contributed by atoms with Crippen LogP contribution in [0.2, 0.25) is 0 Å². The molecule has 39 heavy (non-hydrogen) atoms. The molecule has 1 aliphatic rings. The minimum absolute atomic E-state index is 0.0767. The van der Waals surface area contributed by atoms with Gasteiger partial charge in [0.2, 0.25) is 0 Å². The molecule has 0 N–H and O–H groups in total. The average Bonchev–Trinajstić information content (AvgIpc) is 2.93. The van der Waals surface area contributed by atoms with Gasteiger partial charge in [-0.25, -0.2) is 14.2 Å². The number of carbonyl (C=O) groups excluding carboxylic acids is 1. The van der Waals surface area contributed by atoms with Crippen LogP contribution in [0.5, 0.6) is 0 Å². The minimum Gasteiger partial charge on any atom is -0.459 e. The predicted octanol–water partition coefficient (Wildman–Crippen LogP) is 5.45. The Morgan fingerprint density at radius 2 is 1.64 bits per heavy atom. The summed E-state index contributed by atoms with van der Waals surface area (Å²) in [5.74, 6) is -0.345. The van der Waals surface area contributed by atoms with Crippen LogP contribution in [0, 0.1) is 12.7 Å². The van der Waals surface area contributed by atoms with Crippen LogP contribution in [-0.2, 0) is 24.2 Å². The zero-order valence-corrected chi connectivity index (χ0v) is 22.4. The summed E-state index contributed by atoms with van der Waals surface area (Å²) in [7, 11) is 0. The van der Waals surface area contributed by atoms with Gasteiger partial charge in [0, 0.05) is 31.6 Å². The Morgan fingerprint density at radius 3 is 2.23 bits per heavy atom. The van der Waals surface area contributed by atoms with Gasteiger partial charge < -0.3 is 4.74 Å². The molecular weight excluding hydrogens is 493 g/mol. The van der Waals surface area contributed by atoms with Gasteiger partial charge in [-0.3, -0.25) is 14.3 Å². The number of aryl methyl sites for hydroxylation is 1. The fraction of sp³-hybridized carbons (Fsp3) is 0.281. The van der Waals surface area contributed by atoms with Crippen molar-refractivity contribution in [1.82, 2.24) is 14.5 Å². The third kappa shape index (κ3) is 5.68. The first kappa shape index (κ1) is 26.5. The van der Waals surface area contributed by atoms with Gasteiger partial charge in [-0.2, -0.15) is 0 Å². The van der Waals surface area contributed by atoms with E-state index in [0.29, 0.717) is 43.0 Å². The number of rotatable bonds is 7. The summed E-state index contributed by atoms with van der Waals surface area (Å²) in [5, 5.41) is 0. The molecular formula is C32H32FN3O3. The quantitative estimate of drug-likeness (QED) is 0.300. The van der Waals surface area contributed by atoms with Gasteiger partial charge in [-0.15, -0.1) is 0 Å². The van der Waals surface area contributed by atoms with Crippen molar-refractivity contribution in [3.8, 4) is 0 Å². The van der Waals surface area contributed by atoms with Crippen LogP contribution in [0.4, 0.5) is 4.39 Å². The van der Waals surface area contributed by atoms with Gasteiger partial charge in [0.15, 0.2) is 0 Å². The molecule has 0 saturated carbocycles. The van der Waals surface area contributed by atoms with Gasteiger partial charge in [0.1, 0.15) is 11.6 Å². The number of fused-ring (bicyclic) bond motifs is 1. The molecule has 0 saturated heterocycles. The van der Waals surface area contributed by atoms with Crippen LogP contribution in [0.3, 0.4) is 0 Å². The molecule has 7 heteroatoms. The standard InChI is InChI=1S/C32H32FN3O3/c1-21(2)39-32(38)25-14-15-26(28(33)18-25)19-35-17-16-29-27(20-35)31(37)36(22(3)34-29)30(23-10-6-4-7-11-23)24-12-8-5-9-13-24/h4-15,18,21,30H,16-17,19-20H2,1-3H3. The molecule has 0 spiro atoms. The fourth-order valence-corrected chi connectivity index (χ4v) is 5.19. The molecule has 0 aliphatic carbocycles. The fourth-order valence-electron chi connectivity index (χ4n) is 5.19. The normalized spacial score (nSPS) is 13.5. The number of carbonyl (C=O) groups is 1. The highest BCUT2D eigenvalue weighted by molar-refractivity contribution is 5.89. The summed E-state index contributed by atoms with van der Waals surface area (Å²) in [5.41, 5.74) is 4.02. The van der Waals surface area contributed by atoms with Crippen LogP contribution >= 0.6 is 0 Å². The molecule has 5 rings (SSSR count). The molecule has 0 amide bonds. The molecule has 0 atom stereocenters. The number of hydrogen-bond donors (Lipinski definition) is 0. The van der Waals surface area contributed by atoms with Crippen molar-refractivity contribution in [2.75, 3.05) is 6.54 Å². The summed E-state index contributed by atoms with van der Waals surface area (Å²) >= 11 is 0. The number of halogens is 1. The van der Waals surface area contributed by atoms with Gasteiger partial charge in [0.25, 0.3) is 5.56 Å². The lowest BCUT2D eigenvalue weighted by Gasteiger charge is -2.30. The Bertz CT molecular complexity index is 1490. The second-order valence-electron chi connectivity index (χ2n) is 10.2. The maximum absolute atomic E-state index is 15.0. The lowest BCUT2D eigenvalue weighted by molar-refractivity contribution is 0.0377. The summed E-state index contributed by atoms with van der Waals surface area (Å²) in [6, 6.07) is 24.0. The molecule has 3 aromatic carbocycles. The number of benzene rings is 3. The van der Waals surface area contributed by atoms with Crippen LogP contribution in [0.25, 0.3) is 0 Å². The number of aromatic nitrogens is 2. The van der Waals surface area contributed by atoms with Gasteiger partial charge in [-0.05, 0) is 44.0 Å². The second-order valence-corrected chi connectivity index (χ2v) is 10.2. The molecule has 1 aliphatic heterocycles. The monoisotopic (exact) mass is 525 g/mol. The van der Waals surface area contributed by atoms with Gasteiger partial charge in [-0.1, -0.05) is 66.7 Å². The largest absolute Gasteiger partial charge is 0.459 e. The highest BCUT2D eigenvalue weighted by Crippen LogP contribution is 2.28. The summed E-state index contributed by atoms with van der Waals surface area (Å²) in [6.07, 6.45) is 0.326. The van der Waals surface area contributed by atoms with Crippen molar-refractivity contribution in [1.29, 1.82) is 0 Å². The minimum atomic E-state index is -0.546.